The summed E-state index contributed by atoms with van der Waals surface area (Å²) in [6, 6.07) is 7.60. The molecule has 0 radical (unpaired) electrons. The minimum Gasteiger partial charge on any atom is -0.391 e. The monoisotopic (exact) mass is 554 g/mol. The maximum atomic E-state index is 14.1. The first kappa shape index (κ1) is 28.4. The third kappa shape index (κ3) is 6.18. The number of anilines is 2. The zero-order chi connectivity index (χ0) is 27.1. The van der Waals surface area contributed by atoms with Crippen LogP contribution in [-0.4, -0.2) is 34.7 Å². The fraction of sp³-hybridized carbons (Fsp3) is 0.533. The lowest BCUT2D eigenvalue weighted by atomic mass is 10.1. The van der Waals surface area contributed by atoms with Gasteiger partial charge in [-0.25, -0.2) is 0 Å². The molecule has 0 saturated carbocycles. The van der Waals surface area contributed by atoms with E-state index in [1.807, 2.05) is 34.1 Å². The van der Waals surface area contributed by atoms with Gasteiger partial charge in [0.05, 0.1) is 42.3 Å². The van der Waals surface area contributed by atoms with Crippen LogP contribution in [0.3, 0.4) is 0 Å². The Labute approximate surface area is 235 Å². The second-order valence-electron chi connectivity index (χ2n) is 10.3. The van der Waals surface area contributed by atoms with Crippen molar-refractivity contribution in [2.75, 3.05) is 24.6 Å². The Morgan fingerprint density at radius 1 is 0.579 bits per heavy atom. The molecule has 0 unspecified atom stereocenters. The summed E-state index contributed by atoms with van der Waals surface area (Å²) in [7, 11) is 0. The number of nitrogens with zero attached hydrogens (tertiary/aromatic N) is 2. The summed E-state index contributed by atoms with van der Waals surface area (Å²) in [5.74, 6) is -0.146. The van der Waals surface area contributed by atoms with E-state index in [-0.39, 0.29) is 11.8 Å². The van der Waals surface area contributed by atoms with Crippen molar-refractivity contribution in [1.82, 2.24) is 9.80 Å². The molecule has 4 rings (SSSR count). The predicted molar refractivity (Wildman–Crippen MR) is 161 cm³/mol. The molecule has 206 valence electrons. The van der Waals surface area contributed by atoms with E-state index in [1.54, 1.807) is 0 Å². The highest BCUT2D eigenvalue weighted by Gasteiger charge is 2.49. The average Bonchev–Trinajstić information content (AvgIpc) is 3.65. The van der Waals surface area contributed by atoms with Gasteiger partial charge in [0.25, 0.3) is 11.8 Å². The number of carbonyl (C=O) groups is 2. The van der Waals surface area contributed by atoms with Crippen LogP contribution in [0.1, 0.15) is 101 Å². The molecule has 0 bridgehead atoms. The van der Waals surface area contributed by atoms with E-state index in [0.29, 0.717) is 34.2 Å². The van der Waals surface area contributed by atoms with Crippen molar-refractivity contribution < 1.29 is 9.59 Å². The quantitative estimate of drug-likeness (QED) is 0.210. The number of carbonyl (C=O) groups excluding carboxylic acids is 2. The first-order chi connectivity index (χ1) is 18.5. The molecule has 38 heavy (non-hydrogen) atoms. The first-order valence-corrected chi connectivity index (χ1v) is 15.9. The van der Waals surface area contributed by atoms with Crippen molar-refractivity contribution in [3.63, 3.8) is 0 Å². The SMILES string of the molecule is CCCCCCCCN1C(=O)C2=C(c3ccc(N)s3)N(CCCCCCCC)C(=O)C2=C1c1ccc(N)s1. The van der Waals surface area contributed by atoms with Crippen LogP contribution in [0.4, 0.5) is 10.0 Å². The average molecular weight is 555 g/mol. The number of amides is 2. The summed E-state index contributed by atoms with van der Waals surface area (Å²) < 4.78 is 0. The lowest BCUT2D eigenvalue weighted by Crippen LogP contribution is -2.30. The molecule has 4 N–H and O–H groups in total. The predicted octanol–water partition coefficient (Wildman–Crippen LogP) is 7.50. The molecule has 0 atom stereocenters. The molecule has 0 aliphatic carbocycles. The van der Waals surface area contributed by atoms with Crippen LogP contribution in [-0.2, 0) is 9.59 Å². The van der Waals surface area contributed by atoms with Gasteiger partial charge in [0, 0.05) is 13.1 Å². The zero-order valence-electron chi connectivity index (χ0n) is 22.9. The number of nitrogen functional groups attached to an aromatic ring is 2. The molecule has 8 heteroatoms. The van der Waals surface area contributed by atoms with Crippen molar-refractivity contribution in [2.24, 2.45) is 0 Å². The van der Waals surface area contributed by atoms with Crippen LogP contribution in [0.5, 0.6) is 0 Å². The van der Waals surface area contributed by atoms with Crippen molar-refractivity contribution >= 4 is 55.9 Å². The van der Waals surface area contributed by atoms with Crippen molar-refractivity contribution in [3.05, 3.63) is 45.2 Å². The molecule has 2 aliphatic rings. The van der Waals surface area contributed by atoms with E-state index >= 15 is 0 Å². The van der Waals surface area contributed by atoms with E-state index in [0.717, 1.165) is 46.8 Å². The molecule has 4 heterocycles. The van der Waals surface area contributed by atoms with Crippen LogP contribution in [0.15, 0.2) is 35.4 Å². The number of fused-ring (bicyclic) bond motifs is 1. The smallest absolute Gasteiger partial charge is 0.261 e. The van der Waals surface area contributed by atoms with Gasteiger partial charge in [-0.3, -0.25) is 9.59 Å². The minimum absolute atomic E-state index is 0.0729. The highest BCUT2D eigenvalue weighted by atomic mass is 32.1. The second kappa shape index (κ2) is 13.5. The van der Waals surface area contributed by atoms with Crippen LogP contribution in [0.25, 0.3) is 11.4 Å². The zero-order valence-corrected chi connectivity index (χ0v) is 24.5. The van der Waals surface area contributed by atoms with E-state index < -0.39 is 0 Å². The Bertz CT molecular complexity index is 1100. The normalized spacial score (nSPS) is 15.5. The number of thiophene rings is 2. The Morgan fingerprint density at radius 3 is 1.29 bits per heavy atom. The maximum absolute atomic E-state index is 14.1. The Kier molecular flexibility index (Phi) is 10.1. The summed E-state index contributed by atoms with van der Waals surface area (Å²) >= 11 is 2.88. The number of rotatable bonds is 16. The summed E-state index contributed by atoms with van der Waals surface area (Å²) in [4.78, 5) is 33.6. The molecule has 0 fully saturated rings. The highest BCUT2D eigenvalue weighted by Crippen LogP contribution is 2.49. The van der Waals surface area contributed by atoms with E-state index in [1.165, 1.54) is 74.0 Å². The number of hydrogen-bond acceptors (Lipinski definition) is 6. The molecular weight excluding hydrogens is 512 g/mol. The summed E-state index contributed by atoms with van der Waals surface area (Å²) in [5.41, 5.74) is 14.8. The van der Waals surface area contributed by atoms with Gasteiger partial charge < -0.3 is 21.3 Å². The van der Waals surface area contributed by atoms with Crippen LogP contribution >= 0.6 is 22.7 Å². The third-order valence-corrected chi connectivity index (χ3v) is 9.21. The largest absolute Gasteiger partial charge is 0.391 e. The molecular formula is C30H42N4O2S2. The van der Waals surface area contributed by atoms with Gasteiger partial charge in [0.2, 0.25) is 0 Å². The fourth-order valence-corrected chi connectivity index (χ4v) is 7.07. The fourth-order valence-electron chi connectivity index (χ4n) is 5.40. The Morgan fingerprint density at radius 2 is 0.947 bits per heavy atom. The van der Waals surface area contributed by atoms with Gasteiger partial charge in [0.15, 0.2) is 0 Å². The second-order valence-corrected chi connectivity index (χ2v) is 12.5. The molecule has 2 aromatic rings. The van der Waals surface area contributed by atoms with Gasteiger partial charge in [-0.05, 0) is 37.1 Å². The van der Waals surface area contributed by atoms with Gasteiger partial charge in [-0.2, -0.15) is 0 Å². The van der Waals surface area contributed by atoms with E-state index in [9.17, 15) is 9.59 Å². The molecule has 0 spiro atoms. The van der Waals surface area contributed by atoms with Gasteiger partial charge in [0.1, 0.15) is 0 Å². The summed E-state index contributed by atoms with van der Waals surface area (Å²) in [6.07, 6.45) is 13.7. The number of nitrogens with two attached hydrogens (primary N) is 2. The Balaban J connectivity index is 1.66. The van der Waals surface area contributed by atoms with E-state index in [2.05, 4.69) is 13.8 Å². The topological polar surface area (TPSA) is 92.7 Å². The molecule has 0 saturated heterocycles. The minimum atomic E-state index is -0.0729. The molecule has 2 aliphatic heterocycles. The highest BCUT2D eigenvalue weighted by molar-refractivity contribution is 7.17. The van der Waals surface area contributed by atoms with Gasteiger partial charge >= 0.3 is 0 Å². The number of hydrogen-bond donors (Lipinski definition) is 2. The van der Waals surface area contributed by atoms with Crippen molar-refractivity contribution in [3.8, 4) is 0 Å². The van der Waals surface area contributed by atoms with E-state index in [4.69, 9.17) is 11.5 Å². The third-order valence-electron chi connectivity index (χ3n) is 7.37. The van der Waals surface area contributed by atoms with Gasteiger partial charge in [-0.1, -0.05) is 78.1 Å². The summed E-state index contributed by atoms with van der Waals surface area (Å²) in [6.45, 7) is 5.64. The molecule has 6 nitrogen and oxygen atoms in total. The van der Waals surface area contributed by atoms with Gasteiger partial charge in [-0.15, -0.1) is 22.7 Å². The van der Waals surface area contributed by atoms with Crippen molar-refractivity contribution in [1.29, 1.82) is 0 Å². The van der Waals surface area contributed by atoms with Crippen LogP contribution in [0.2, 0.25) is 0 Å². The number of unbranched alkanes of at least 4 members (excludes halogenated alkanes) is 10. The standard InChI is InChI=1S/C30H42N4O2S2/c1-3-5-7-9-11-13-19-33-27(21-15-17-23(31)37-21)25-26(29(33)35)28(22-16-18-24(32)38-22)34(30(25)36)20-14-12-10-8-6-4-2/h15-18H,3-14,19-20,31-32H2,1-2H3. The molecule has 0 aromatic carbocycles. The van der Waals surface area contributed by atoms with Crippen LogP contribution in [0, 0.1) is 0 Å². The molecule has 2 aromatic heterocycles. The van der Waals surface area contributed by atoms with Crippen LogP contribution < -0.4 is 11.5 Å². The maximum Gasteiger partial charge on any atom is 0.261 e. The first-order valence-electron chi connectivity index (χ1n) is 14.3. The lowest BCUT2D eigenvalue weighted by molar-refractivity contribution is -0.124. The molecule has 2 amide bonds. The Hall–Kier alpha value is -2.58. The lowest BCUT2D eigenvalue weighted by Gasteiger charge is -2.24. The summed E-state index contributed by atoms with van der Waals surface area (Å²) in [5, 5.41) is 1.36. The van der Waals surface area contributed by atoms with Crippen molar-refractivity contribution in [2.45, 2.75) is 90.9 Å².